The fourth-order valence-corrected chi connectivity index (χ4v) is 3.11. The van der Waals surface area contributed by atoms with Crippen LogP contribution >= 0.6 is 22.9 Å². The van der Waals surface area contributed by atoms with Crippen molar-refractivity contribution in [2.45, 2.75) is 25.2 Å². The molecule has 0 spiro atoms. The minimum Gasteiger partial charge on any atom is -0.317 e. The van der Waals surface area contributed by atoms with E-state index in [1.54, 1.807) is 11.3 Å². The van der Waals surface area contributed by atoms with Crippen molar-refractivity contribution in [3.8, 4) is 0 Å². The molecule has 1 aliphatic heterocycles. The predicted molar refractivity (Wildman–Crippen MR) is 58.8 cm³/mol. The number of hydrogen-bond acceptors (Lipinski definition) is 2. The molecule has 1 fully saturated rings. The standard InChI is InChI=1S/C10H14ClNS/c1-10(4-6-12-7-5-10)8-2-3-9(11)13-8/h2-3,12H,4-7H2,1H3. The lowest BCUT2D eigenvalue weighted by Gasteiger charge is -2.33. The van der Waals surface area contributed by atoms with Crippen LogP contribution in [0.4, 0.5) is 0 Å². The fourth-order valence-electron chi connectivity index (χ4n) is 1.86. The van der Waals surface area contributed by atoms with Gasteiger partial charge < -0.3 is 5.32 Å². The van der Waals surface area contributed by atoms with Gasteiger partial charge in [-0.15, -0.1) is 11.3 Å². The van der Waals surface area contributed by atoms with Gasteiger partial charge in [0.05, 0.1) is 4.34 Å². The third-order valence-electron chi connectivity index (χ3n) is 2.88. The maximum absolute atomic E-state index is 5.94. The average Bonchev–Trinajstić information content (AvgIpc) is 2.54. The summed E-state index contributed by atoms with van der Waals surface area (Å²) in [5.74, 6) is 0. The number of rotatable bonds is 1. The summed E-state index contributed by atoms with van der Waals surface area (Å²) in [5, 5.41) is 3.39. The molecule has 2 heterocycles. The van der Waals surface area contributed by atoms with Gasteiger partial charge in [-0.3, -0.25) is 0 Å². The first-order valence-electron chi connectivity index (χ1n) is 4.67. The SMILES string of the molecule is CC1(c2ccc(Cl)s2)CCNCC1. The molecule has 1 nitrogen and oxygen atoms in total. The lowest BCUT2D eigenvalue weighted by molar-refractivity contribution is 0.341. The van der Waals surface area contributed by atoms with E-state index in [4.69, 9.17) is 11.6 Å². The molecule has 1 saturated heterocycles. The highest BCUT2D eigenvalue weighted by molar-refractivity contribution is 7.16. The maximum atomic E-state index is 5.94. The molecule has 13 heavy (non-hydrogen) atoms. The van der Waals surface area contributed by atoms with E-state index >= 15 is 0 Å². The molecular weight excluding hydrogens is 202 g/mol. The van der Waals surface area contributed by atoms with Crippen LogP contribution in [-0.4, -0.2) is 13.1 Å². The van der Waals surface area contributed by atoms with Gasteiger partial charge in [-0.1, -0.05) is 18.5 Å². The van der Waals surface area contributed by atoms with Gasteiger partial charge in [0.2, 0.25) is 0 Å². The van der Waals surface area contributed by atoms with E-state index in [2.05, 4.69) is 18.3 Å². The topological polar surface area (TPSA) is 12.0 Å². The van der Waals surface area contributed by atoms with Crippen molar-refractivity contribution in [2.24, 2.45) is 0 Å². The molecule has 1 aromatic rings. The van der Waals surface area contributed by atoms with Gasteiger partial charge in [0.25, 0.3) is 0 Å². The Morgan fingerprint density at radius 2 is 2.08 bits per heavy atom. The first-order valence-corrected chi connectivity index (χ1v) is 5.87. The van der Waals surface area contributed by atoms with Crippen molar-refractivity contribution in [3.05, 3.63) is 21.3 Å². The molecule has 0 aliphatic carbocycles. The quantitative estimate of drug-likeness (QED) is 0.760. The van der Waals surface area contributed by atoms with Crippen LogP contribution in [0, 0.1) is 0 Å². The molecular formula is C10H14ClNS. The minimum absolute atomic E-state index is 0.364. The molecule has 0 radical (unpaired) electrons. The summed E-state index contributed by atoms with van der Waals surface area (Å²) in [6, 6.07) is 4.19. The molecule has 2 rings (SSSR count). The van der Waals surface area contributed by atoms with Crippen LogP contribution in [-0.2, 0) is 5.41 Å². The van der Waals surface area contributed by atoms with Gasteiger partial charge in [0, 0.05) is 10.3 Å². The third kappa shape index (κ3) is 1.90. The second-order valence-corrected chi connectivity index (χ2v) is 5.63. The molecule has 72 valence electrons. The highest BCUT2D eigenvalue weighted by Gasteiger charge is 2.29. The second kappa shape index (κ2) is 3.60. The Hall–Kier alpha value is -0.0500. The van der Waals surface area contributed by atoms with Crippen molar-refractivity contribution in [1.82, 2.24) is 5.32 Å². The molecule has 0 saturated carbocycles. The monoisotopic (exact) mass is 215 g/mol. The Bertz CT molecular complexity index is 289. The maximum Gasteiger partial charge on any atom is 0.0931 e. The lowest BCUT2D eigenvalue weighted by Crippen LogP contribution is -2.37. The van der Waals surface area contributed by atoms with Crippen LogP contribution in [0.3, 0.4) is 0 Å². The van der Waals surface area contributed by atoms with Crippen LogP contribution in [0.15, 0.2) is 12.1 Å². The molecule has 1 N–H and O–H groups in total. The summed E-state index contributed by atoms with van der Waals surface area (Å²) in [7, 11) is 0. The van der Waals surface area contributed by atoms with Gasteiger partial charge in [-0.05, 0) is 38.1 Å². The van der Waals surface area contributed by atoms with Crippen LogP contribution in [0.2, 0.25) is 4.34 Å². The van der Waals surface area contributed by atoms with Gasteiger partial charge >= 0.3 is 0 Å². The highest BCUT2D eigenvalue weighted by Crippen LogP contribution is 2.38. The summed E-state index contributed by atoms with van der Waals surface area (Å²) in [6.07, 6.45) is 2.45. The van der Waals surface area contributed by atoms with E-state index in [1.165, 1.54) is 17.7 Å². The number of hydrogen-bond donors (Lipinski definition) is 1. The Balaban J connectivity index is 2.22. The Kier molecular flexibility index (Phi) is 2.63. The van der Waals surface area contributed by atoms with Crippen molar-refractivity contribution in [2.75, 3.05) is 13.1 Å². The molecule has 0 bridgehead atoms. The van der Waals surface area contributed by atoms with E-state index in [9.17, 15) is 0 Å². The molecule has 0 amide bonds. The van der Waals surface area contributed by atoms with Gasteiger partial charge in [-0.25, -0.2) is 0 Å². The number of thiophene rings is 1. The molecule has 0 unspecified atom stereocenters. The Morgan fingerprint density at radius 3 is 2.62 bits per heavy atom. The number of halogens is 1. The molecule has 1 aromatic heterocycles. The van der Waals surface area contributed by atoms with Gasteiger partial charge in [0.1, 0.15) is 0 Å². The Morgan fingerprint density at radius 1 is 1.38 bits per heavy atom. The van der Waals surface area contributed by atoms with Crippen LogP contribution < -0.4 is 5.32 Å². The molecule has 0 aromatic carbocycles. The summed E-state index contributed by atoms with van der Waals surface area (Å²) >= 11 is 7.68. The molecule has 1 aliphatic rings. The summed E-state index contributed by atoms with van der Waals surface area (Å²) in [4.78, 5) is 1.44. The zero-order valence-electron chi connectivity index (χ0n) is 7.77. The summed E-state index contributed by atoms with van der Waals surface area (Å²) in [6.45, 7) is 4.61. The summed E-state index contributed by atoms with van der Waals surface area (Å²) < 4.78 is 0.912. The number of nitrogens with one attached hydrogen (secondary N) is 1. The highest BCUT2D eigenvalue weighted by atomic mass is 35.5. The largest absolute Gasteiger partial charge is 0.317 e. The van der Waals surface area contributed by atoms with E-state index in [0.717, 1.165) is 17.4 Å². The van der Waals surface area contributed by atoms with Crippen LogP contribution in [0.1, 0.15) is 24.6 Å². The van der Waals surface area contributed by atoms with Gasteiger partial charge in [-0.2, -0.15) is 0 Å². The smallest absolute Gasteiger partial charge is 0.0931 e. The van der Waals surface area contributed by atoms with Crippen molar-refractivity contribution < 1.29 is 0 Å². The van der Waals surface area contributed by atoms with Crippen molar-refractivity contribution >= 4 is 22.9 Å². The number of piperidine rings is 1. The first kappa shape index (κ1) is 9.50. The van der Waals surface area contributed by atoms with E-state index in [0.29, 0.717) is 5.41 Å². The van der Waals surface area contributed by atoms with Crippen LogP contribution in [0.25, 0.3) is 0 Å². The second-order valence-electron chi connectivity index (χ2n) is 3.91. The zero-order chi connectivity index (χ0) is 9.31. The zero-order valence-corrected chi connectivity index (χ0v) is 9.34. The van der Waals surface area contributed by atoms with E-state index in [1.807, 2.05) is 6.07 Å². The summed E-state index contributed by atoms with van der Waals surface area (Å²) in [5.41, 5.74) is 0.364. The molecule has 0 atom stereocenters. The van der Waals surface area contributed by atoms with Crippen LogP contribution in [0.5, 0.6) is 0 Å². The fraction of sp³-hybridized carbons (Fsp3) is 0.600. The van der Waals surface area contributed by atoms with E-state index < -0.39 is 0 Å². The normalized spacial score (nSPS) is 21.7. The van der Waals surface area contributed by atoms with Gasteiger partial charge in [0.15, 0.2) is 0 Å². The first-order chi connectivity index (χ1) is 6.21. The lowest BCUT2D eigenvalue weighted by atomic mass is 9.80. The van der Waals surface area contributed by atoms with E-state index in [-0.39, 0.29) is 0 Å². The molecule has 3 heteroatoms. The van der Waals surface area contributed by atoms with Crippen molar-refractivity contribution in [3.63, 3.8) is 0 Å². The minimum atomic E-state index is 0.364. The third-order valence-corrected chi connectivity index (χ3v) is 4.41. The Labute approximate surface area is 88.1 Å². The predicted octanol–water partition coefficient (Wildman–Crippen LogP) is 3.04. The average molecular weight is 216 g/mol. The van der Waals surface area contributed by atoms with Crippen molar-refractivity contribution in [1.29, 1.82) is 0 Å².